The highest BCUT2D eigenvalue weighted by Crippen LogP contribution is 2.15. The molecule has 25 heavy (non-hydrogen) atoms. The van der Waals surface area contributed by atoms with E-state index in [0.29, 0.717) is 12.2 Å². The van der Waals surface area contributed by atoms with Gasteiger partial charge in [-0.25, -0.2) is 0 Å². The molecule has 0 radical (unpaired) electrons. The molecule has 1 aromatic carbocycles. The summed E-state index contributed by atoms with van der Waals surface area (Å²) in [5, 5.41) is 0.755. The second-order valence-corrected chi connectivity index (χ2v) is 7.74. The number of unbranched alkanes of at least 4 members (excludes halogenated alkanes) is 11. The number of hydrogen-bond donors (Lipinski definition) is 0. The quantitative estimate of drug-likeness (QED) is 0.272. The first-order valence-electron chi connectivity index (χ1n) is 10.5. The fourth-order valence-electron chi connectivity index (χ4n) is 3.26. The predicted octanol–water partition coefficient (Wildman–Crippen LogP) is 7.93. The van der Waals surface area contributed by atoms with Crippen molar-refractivity contribution in [2.24, 2.45) is 0 Å². The van der Waals surface area contributed by atoms with Crippen LogP contribution in [0.5, 0.6) is 0 Å². The Kier molecular flexibility index (Phi) is 13.7. The van der Waals surface area contributed by atoms with Crippen molar-refractivity contribution in [1.29, 1.82) is 0 Å². The molecule has 0 aliphatic heterocycles. The van der Waals surface area contributed by atoms with Gasteiger partial charge in [-0.15, -0.1) is 0 Å². The molecule has 0 N–H and O–H groups in total. The number of rotatable bonds is 16. The smallest absolute Gasteiger partial charge is 0.133 e. The van der Waals surface area contributed by atoms with Crippen molar-refractivity contribution in [3.05, 3.63) is 34.9 Å². The van der Waals surface area contributed by atoms with Gasteiger partial charge in [0.1, 0.15) is 5.78 Å². The first kappa shape index (κ1) is 22.2. The van der Waals surface area contributed by atoms with Gasteiger partial charge in [0.15, 0.2) is 0 Å². The van der Waals surface area contributed by atoms with Gasteiger partial charge in [-0.1, -0.05) is 101 Å². The number of halogens is 1. The maximum atomic E-state index is 12.0. The van der Waals surface area contributed by atoms with Crippen molar-refractivity contribution < 1.29 is 4.79 Å². The van der Waals surface area contributed by atoms with Crippen LogP contribution in [0.2, 0.25) is 5.02 Å². The van der Waals surface area contributed by atoms with Crippen LogP contribution in [0.25, 0.3) is 0 Å². The summed E-state index contributed by atoms with van der Waals surface area (Å²) in [5.74, 6) is 0.395. The van der Waals surface area contributed by atoms with Crippen molar-refractivity contribution in [3.8, 4) is 0 Å². The summed E-state index contributed by atoms with van der Waals surface area (Å²) in [6.45, 7) is 2.27. The van der Waals surface area contributed by atoms with Gasteiger partial charge in [-0.3, -0.25) is 4.79 Å². The molecule has 1 rings (SSSR count). The van der Waals surface area contributed by atoms with E-state index in [1.807, 2.05) is 24.3 Å². The standard InChI is InChI=1S/C23H37ClO/c1-2-3-4-5-6-7-8-9-10-11-12-13-17-23(25)19-18-21-15-14-16-22(24)20-21/h14-16,20H,2-13,17-19H2,1H3. The van der Waals surface area contributed by atoms with E-state index in [0.717, 1.165) is 29.8 Å². The molecule has 0 saturated carbocycles. The van der Waals surface area contributed by atoms with Crippen LogP contribution in [-0.2, 0) is 11.2 Å². The molecule has 0 unspecified atom stereocenters. The molecule has 1 nitrogen and oxygen atoms in total. The number of Topliss-reactive ketones (excluding diaryl/α,β-unsaturated/α-hetero) is 1. The number of hydrogen-bond acceptors (Lipinski definition) is 1. The lowest BCUT2D eigenvalue weighted by Gasteiger charge is -2.04. The summed E-state index contributed by atoms with van der Waals surface area (Å²) in [4.78, 5) is 12.0. The maximum absolute atomic E-state index is 12.0. The van der Waals surface area contributed by atoms with E-state index in [1.54, 1.807) is 0 Å². The largest absolute Gasteiger partial charge is 0.300 e. The normalized spacial score (nSPS) is 11.0. The van der Waals surface area contributed by atoms with Crippen LogP contribution < -0.4 is 0 Å². The lowest BCUT2D eigenvalue weighted by Crippen LogP contribution is -2.00. The van der Waals surface area contributed by atoms with Gasteiger partial charge in [0.25, 0.3) is 0 Å². The molecule has 142 valence electrons. The van der Waals surface area contributed by atoms with Crippen molar-refractivity contribution in [3.63, 3.8) is 0 Å². The fraction of sp³-hybridized carbons (Fsp3) is 0.696. The Hall–Kier alpha value is -0.820. The molecule has 0 heterocycles. The summed E-state index contributed by atoms with van der Waals surface area (Å²) in [5.41, 5.74) is 1.16. The molecular weight excluding hydrogens is 328 g/mol. The number of carbonyl (C=O) groups excluding carboxylic acids is 1. The number of carbonyl (C=O) groups is 1. The molecule has 0 aliphatic rings. The zero-order chi connectivity index (χ0) is 18.2. The summed E-state index contributed by atoms with van der Waals surface area (Å²) in [7, 11) is 0. The van der Waals surface area contributed by atoms with Gasteiger partial charge in [0, 0.05) is 17.9 Å². The van der Waals surface area contributed by atoms with Crippen molar-refractivity contribution in [2.45, 2.75) is 103 Å². The summed E-state index contributed by atoms with van der Waals surface area (Å²) in [6.07, 6.45) is 18.3. The van der Waals surface area contributed by atoms with Crippen LogP contribution in [0.4, 0.5) is 0 Å². The highest BCUT2D eigenvalue weighted by molar-refractivity contribution is 6.30. The molecule has 0 bridgehead atoms. The summed E-state index contributed by atoms with van der Waals surface area (Å²) >= 11 is 5.97. The van der Waals surface area contributed by atoms with Crippen LogP contribution >= 0.6 is 11.6 Å². The van der Waals surface area contributed by atoms with Gasteiger partial charge in [-0.05, 0) is 30.5 Å². The number of aryl methyl sites for hydroxylation is 1. The lowest BCUT2D eigenvalue weighted by atomic mass is 10.0. The molecule has 0 saturated heterocycles. The van der Waals surface area contributed by atoms with Gasteiger partial charge < -0.3 is 0 Å². The lowest BCUT2D eigenvalue weighted by molar-refractivity contribution is -0.119. The van der Waals surface area contributed by atoms with Crippen molar-refractivity contribution in [2.75, 3.05) is 0 Å². The minimum absolute atomic E-state index is 0.395. The minimum Gasteiger partial charge on any atom is -0.300 e. The van der Waals surface area contributed by atoms with Crippen LogP contribution in [0.15, 0.2) is 24.3 Å². The Morgan fingerprint density at radius 1 is 0.800 bits per heavy atom. The molecule has 0 aliphatic carbocycles. The SMILES string of the molecule is CCCCCCCCCCCCCCC(=O)CCc1cccc(Cl)c1. The first-order valence-corrected chi connectivity index (χ1v) is 10.9. The van der Waals surface area contributed by atoms with E-state index >= 15 is 0 Å². The minimum atomic E-state index is 0.395. The molecular formula is C23H37ClO. The molecule has 2 heteroatoms. The van der Waals surface area contributed by atoms with Gasteiger partial charge in [0.05, 0.1) is 0 Å². The van der Waals surface area contributed by atoms with E-state index < -0.39 is 0 Å². The Morgan fingerprint density at radius 3 is 1.92 bits per heavy atom. The van der Waals surface area contributed by atoms with Crippen LogP contribution in [-0.4, -0.2) is 5.78 Å². The highest BCUT2D eigenvalue weighted by Gasteiger charge is 2.03. The van der Waals surface area contributed by atoms with E-state index in [9.17, 15) is 4.79 Å². The highest BCUT2D eigenvalue weighted by atomic mass is 35.5. The third-order valence-electron chi connectivity index (χ3n) is 4.89. The third-order valence-corrected chi connectivity index (χ3v) is 5.13. The zero-order valence-electron chi connectivity index (χ0n) is 16.2. The average Bonchev–Trinajstić information content (AvgIpc) is 2.61. The Labute approximate surface area is 160 Å². The second kappa shape index (κ2) is 15.4. The third kappa shape index (κ3) is 13.1. The van der Waals surface area contributed by atoms with Gasteiger partial charge >= 0.3 is 0 Å². The Balaban J connectivity index is 1.87. The van der Waals surface area contributed by atoms with Gasteiger partial charge in [0.2, 0.25) is 0 Å². The Morgan fingerprint density at radius 2 is 1.36 bits per heavy atom. The summed E-state index contributed by atoms with van der Waals surface area (Å²) < 4.78 is 0. The van der Waals surface area contributed by atoms with E-state index in [2.05, 4.69) is 6.92 Å². The second-order valence-electron chi connectivity index (χ2n) is 7.31. The van der Waals surface area contributed by atoms with Crippen LogP contribution in [0.3, 0.4) is 0 Å². The maximum Gasteiger partial charge on any atom is 0.133 e. The molecule has 1 aromatic rings. The monoisotopic (exact) mass is 364 g/mol. The van der Waals surface area contributed by atoms with E-state index in [1.165, 1.54) is 70.6 Å². The number of ketones is 1. The van der Waals surface area contributed by atoms with Crippen molar-refractivity contribution in [1.82, 2.24) is 0 Å². The predicted molar refractivity (Wildman–Crippen MR) is 110 cm³/mol. The van der Waals surface area contributed by atoms with Crippen LogP contribution in [0, 0.1) is 0 Å². The molecule has 0 atom stereocenters. The average molecular weight is 365 g/mol. The Bertz CT molecular complexity index is 455. The zero-order valence-corrected chi connectivity index (χ0v) is 17.0. The molecule has 0 amide bonds. The first-order chi connectivity index (χ1) is 12.2. The van der Waals surface area contributed by atoms with E-state index in [-0.39, 0.29) is 0 Å². The topological polar surface area (TPSA) is 17.1 Å². The van der Waals surface area contributed by atoms with Crippen molar-refractivity contribution >= 4 is 17.4 Å². The summed E-state index contributed by atoms with van der Waals surface area (Å²) in [6, 6.07) is 7.83. The molecule has 0 spiro atoms. The molecule has 0 aromatic heterocycles. The van der Waals surface area contributed by atoms with Crippen LogP contribution in [0.1, 0.15) is 102 Å². The fourth-order valence-corrected chi connectivity index (χ4v) is 3.48. The molecule has 0 fully saturated rings. The van der Waals surface area contributed by atoms with E-state index in [4.69, 9.17) is 11.6 Å². The van der Waals surface area contributed by atoms with Gasteiger partial charge in [-0.2, -0.15) is 0 Å². The number of benzene rings is 1.